The maximum Gasteiger partial charge on any atom is 0.243 e. The smallest absolute Gasteiger partial charge is 0.243 e. The normalized spacial score (nSPS) is 11.9. The van der Waals surface area contributed by atoms with Gasteiger partial charge >= 0.3 is 0 Å². The topological polar surface area (TPSA) is 37.4 Å². The Labute approximate surface area is 287 Å². The largest absolute Gasteiger partial charge is 1.00 e. The van der Waals surface area contributed by atoms with Gasteiger partial charge < -0.3 is 21.5 Å². The first-order valence-electron chi connectivity index (χ1n) is 16.3. The highest BCUT2D eigenvalue weighted by molar-refractivity contribution is 7.89. The van der Waals surface area contributed by atoms with Crippen molar-refractivity contribution in [3.63, 3.8) is 0 Å². The van der Waals surface area contributed by atoms with Crippen LogP contribution in [0, 0.1) is 13.8 Å². The number of benzene rings is 5. The highest BCUT2D eigenvalue weighted by Crippen LogP contribution is 2.26. The molecule has 4 nitrogen and oxygen atoms in total. The standard InChI is InChI=1S/C40H47N2O2S.BrH/c1-5-42(6-2,31-35-27-32(3)26-33(4)28-35)25-13-12-24-41(30-34-18-19-37-16-10-11-17-39(37)29-34)45(43,44)40-22-20-38(21-23-40)36-14-8-7-9-15-36;/h7-11,14-23,26-29H,5-6,12-13,24-25,30-31H2,1-4H3;1H/q+1;/p-1. The van der Waals surface area contributed by atoms with E-state index in [1.54, 1.807) is 16.4 Å². The van der Waals surface area contributed by atoms with E-state index in [4.69, 9.17) is 0 Å². The van der Waals surface area contributed by atoms with Crippen LogP contribution in [-0.2, 0) is 23.1 Å². The van der Waals surface area contributed by atoms with Crippen molar-refractivity contribution in [2.45, 2.75) is 58.5 Å². The van der Waals surface area contributed by atoms with E-state index in [9.17, 15) is 8.42 Å². The van der Waals surface area contributed by atoms with Crippen molar-refractivity contribution in [2.24, 2.45) is 0 Å². The highest BCUT2D eigenvalue weighted by Gasteiger charge is 2.27. The summed E-state index contributed by atoms with van der Waals surface area (Å²) in [6.45, 7) is 13.9. The fourth-order valence-corrected chi connectivity index (χ4v) is 8.02. The SMILES string of the molecule is CC[N+](CC)(CCCCN(Cc1ccc2ccccc2c1)S(=O)(=O)c1ccc(-c2ccccc2)cc1)Cc1cc(C)cc(C)c1.[Br-]. The lowest BCUT2D eigenvalue weighted by molar-refractivity contribution is -0.938. The molecular weight excluding hydrogens is 652 g/mol. The van der Waals surface area contributed by atoms with Gasteiger partial charge in [0.2, 0.25) is 10.0 Å². The number of nitrogens with zero attached hydrogens (tertiary/aromatic N) is 2. The van der Waals surface area contributed by atoms with Gasteiger partial charge in [-0.25, -0.2) is 8.42 Å². The maximum absolute atomic E-state index is 14.2. The van der Waals surface area contributed by atoms with E-state index in [0.29, 0.717) is 18.0 Å². The average Bonchev–Trinajstić information content (AvgIpc) is 3.05. The first-order valence-corrected chi connectivity index (χ1v) is 17.7. The van der Waals surface area contributed by atoms with Crippen LogP contribution >= 0.6 is 0 Å². The van der Waals surface area contributed by atoms with Crippen molar-refractivity contribution in [3.8, 4) is 11.1 Å². The van der Waals surface area contributed by atoms with E-state index in [1.165, 1.54) is 16.7 Å². The van der Waals surface area contributed by atoms with E-state index in [1.807, 2.05) is 54.6 Å². The Hall–Kier alpha value is -3.29. The lowest BCUT2D eigenvalue weighted by Gasteiger charge is -2.37. The van der Waals surface area contributed by atoms with Gasteiger partial charge in [0.05, 0.1) is 24.5 Å². The molecule has 5 rings (SSSR count). The van der Waals surface area contributed by atoms with E-state index >= 15 is 0 Å². The molecule has 0 aliphatic rings. The Morgan fingerprint density at radius 2 is 1.24 bits per heavy atom. The third-order valence-electron chi connectivity index (χ3n) is 9.20. The summed E-state index contributed by atoms with van der Waals surface area (Å²) in [6.07, 6.45) is 1.77. The van der Waals surface area contributed by atoms with Crippen molar-refractivity contribution in [2.75, 3.05) is 26.2 Å². The molecule has 0 aliphatic heterocycles. The molecule has 0 aromatic heterocycles. The van der Waals surface area contributed by atoms with E-state index in [-0.39, 0.29) is 17.0 Å². The van der Waals surface area contributed by atoms with Gasteiger partial charge in [0, 0.05) is 18.7 Å². The van der Waals surface area contributed by atoms with Gasteiger partial charge in [-0.1, -0.05) is 108 Å². The second-order valence-electron chi connectivity index (χ2n) is 12.5. The molecule has 0 atom stereocenters. The van der Waals surface area contributed by atoms with Gasteiger partial charge in [-0.3, -0.25) is 0 Å². The summed E-state index contributed by atoms with van der Waals surface area (Å²) in [7, 11) is -3.71. The number of fused-ring (bicyclic) bond motifs is 1. The highest BCUT2D eigenvalue weighted by atomic mass is 79.9. The van der Waals surface area contributed by atoms with E-state index in [2.05, 4.69) is 76.2 Å². The monoisotopic (exact) mass is 698 g/mol. The Kier molecular flexibility index (Phi) is 12.4. The molecule has 0 unspecified atom stereocenters. The number of rotatable bonds is 14. The molecular formula is C40H47BrN2O2S. The van der Waals surface area contributed by atoms with Crippen LogP contribution in [0.5, 0.6) is 0 Å². The second kappa shape index (κ2) is 16.0. The summed E-state index contributed by atoms with van der Waals surface area (Å²) in [5, 5.41) is 2.28. The van der Waals surface area contributed by atoms with Gasteiger partial charge in [-0.15, -0.1) is 0 Å². The first-order chi connectivity index (χ1) is 21.7. The van der Waals surface area contributed by atoms with E-state index < -0.39 is 10.0 Å². The van der Waals surface area contributed by atoms with Crippen LogP contribution in [-0.4, -0.2) is 43.4 Å². The molecule has 5 aromatic carbocycles. The van der Waals surface area contributed by atoms with Crippen LogP contribution in [0.1, 0.15) is 48.9 Å². The molecule has 0 N–H and O–H groups in total. The number of hydrogen-bond acceptors (Lipinski definition) is 2. The van der Waals surface area contributed by atoms with Gasteiger partial charge in [0.15, 0.2) is 0 Å². The summed E-state index contributed by atoms with van der Waals surface area (Å²) >= 11 is 0. The number of hydrogen-bond donors (Lipinski definition) is 0. The molecule has 46 heavy (non-hydrogen) atoms. The number of aryl methyl sites for hydroxylation is 2. The molecule has 0 fully saturated rings. The number of quaternary nitrogens is 1. The van der Waals surface area contributed by atoms with Crippen LogP contribution in [0.3, 0.4) is 0 Å². The summed E-state index contributed by atoms with van der Waals surface area (Å²) < 4.78 is 31.0. The van der Waals surface area contributed by atoms with Crippen LogP contribution < -0.4 is 17.0 Å². The van der Waals surface area contributed by atoms with Crippen LogP contribution in [0.25, 0.3) is 21.9 Å². The average molecular weight is 700 g/mol. The fourth-order valence-electron chi connectivity index (χ4n) is 6.55. The Bertz CT molecular complexity index is 1800. The van der Waals surface area contributed by atoms with Crippen molar-refractivity contribution >= 4 is 20.8 Å². The van der Waals surface area contributed by atoms with Crippen molar-refractivity contribution in [1.82, 2.24) is 4.31 Å². The molecule has 0 radical (unpaired) electrons. The zero-order valence-corrected chi connectivity index (χ0v) is 30.0. The van der Waals surface area contributed by atoms with Crippen LogP contribution in [0.2, 0.25) is 0 Å². The Morgan fingerprint density at radius 3 is 1.89 bits per heavy atom. The number of unbranched alkanes of at least 4 members (excludes halogenated alkanes) is 1. The Morgan fingerprint density at radius 1 is 0.630 bits per heavy atom. The summed E-state index contributed by atoms with van der Waals surface area (Å²) in [5.41, 5.74) is 7.08. The Balaban J connectivity index is 0.00000480. The minimum Gasteiger partial charge on any atom is -1.00 e. The zero-order chi connectivity index (χ0) is 31.9. The third-order valence-corrected chi connectivity index (χ3v) is 11.1. The molecule has 6 heteroatoms. The molecule has 0 aliphatic carbocycles. The fraction of sp³-hybridized carbons (Fsp3) is 0.300. The number of sulfonamides is 1. The van der Waals surface area contributed by atoms with Gasteiger partial charge in [0.25, 0.3) is 0 Å². The quantitative estimate of drug-likeness (QED) is 0.103. The zero-order valence-electron chi connectivity index (χ0n) is 27.6. The lowest BCUT2D eigenvalue weighted by atomic mass is 10.1. The van der Waals surface area contributed by atoms with Gasteiger partial charge in [-0.2, -0.15) is 4.31 Å². The molecule has 242 valence electrons. The van der Waals surface area contributed by atoms with Crippen molar-refractivity contribution in [3.05, 3.63) is 138 Å². The van der Waals surface area contributed by atoms with Crippen molar-refractivity contribution < 1.29 is 29.9 Å². The van der Waals surface area contributed by atoms with E-state index in [0.717, 1.165) is 71.0 Å². The molecule has 0 saturated heterocycles. The molecule has 0 bridgehead atoms. The second-order valence-corrected chi connectivity index (χ2v) is 14.4. The summed E-state index contributed by atoms with van der Waals surface area (Å²) in [4.78, 5) is 0.338. The summed E-state index contributed by atoms with van der Waals surface area (Å²) in [5.74, 6) is 0. The maximum atomic E-state index is 14.2. The van der Waals surface area contributed by atoms with Crippen LogP contribution in [0.4, 0.5) is 0 Å². The predicted molar refractivity (Wildman–Crippen MR) is 188 cm³/mol. The molecule has 5 aromatic rings. The minimum atomic E-state index is -3.71. The van der Waals surface area contributed by atoms with Gasteiger partial charge in [0.1, 0.15) is 6.54 Å². The summed E-state index contributed by atoms with van der Waals surface area (Å²) in [6, 6.07) is 38.8. The first kappa shape index (κ1) is 35.6. The number of halogens is 1. The molecule has 0 spiro atoms. The molecule has 0 heterocycles. The van der Waals surface area contributed by atoms with Gasteiger partial charge in [-0.05, 0) is 86.2 Å². The molecule has 0 saturated carbocycles. The van der Waals surface area contributed by atoms with Crippen LogP contribution in [0.15, 0.2) is 120 Å². The minimum absolute atomic E-state index is 0. The molecule has 0 amide bonds. The lowest BCUT2D eigenvalue weighted by Crippen LogP contribution is -3.00. The third kappa shape index (κ3) is 8.74. The van der Waals surface area contributed by atoms with Crippen molar-refractivity contribution in [1.29, 1.82) is 0 Å². The predicted octanol–water partition coefficient (Wildman–Crippen LogP) is 6.16.